The lowest BCUT2D eigenvalue weighted by Crippen LogP contribution is -2.31. The van der Waals surface area contributed by atoms with Crippen molar-refractivity contribution in [2.45, 2.75) is 38.6 Å². The van der Waals surface area contributed by atoms with Crippen LogP contribution in [0.1, 0.15) is 65.3 Å². The number of hydrogen-bond donors (Lipinski definition) is 0. The molecule has 0 radical (unpaired) electrons. The van der Waals surface area contributed by atoms with Gasteiger partial charge in [0.25, 0.3) is 11.8 Å². The molecule has 30 heavy (non-hydrogen) atoms. The molecule has 2 amide bonds. The fraction of sp³-hybridized carbons (Fsp3) is 0.375. The molecule has 6 nitrogen and oxygen atoms in total. The van der Waals surface area contributed by atoms with Crippen molar-refractivity contribution in [1.82, 2.24) is 19.2 Å². The number of nitrogens with zero attached hydrogens (tertiary/aromatic N) is 4. The molecule has 0 bridgehead atoms. The van der Waals surface area contributed by atoms with E-state index in [1.165, 1.54) is 0 Å². The summed E-state index contributed by atoms with van der Waals surface area (Å²) in [5, 5.41) is 0. The Morgan fingerprint density at radius 1 is 1.13 bits per heavy atom. The number of rotatable bonds is 6. The van der Waals surface area contributed by atoms with Gasteiger partial charge in [-0.05, 0) is 43.5 Å². The molecular weight excluding hydrogens is 376 g/mol. The van der Waals surface area contributed by atoms with Crippen LogP contribution in [0.5, 0.6) is 0 Å². The van der Waals surface area contributed by atoms with Gasteiger partial charge in [0, 0.05) is 31.9 Å². The Morgan fingerprint density at radius 2 is 1.90 bits per heavy atom. The van der Waals surface area contributed by atoms with E-state index in [1.54, 1.807) is 4.90 Å². The van der Waals surface area contributed by atoms with Crippen molar-refractivity contribution >= 4 is 17.3 Å². The van der Waals surface area contributed by atoms with Gasteiger partial charge in [-0.1, -0.05) is 37.6 Å². The van der Waals surface area contributed by atoms with Crippen LogP contribution in [-0.2, 0) is 0 Å². The highest BCUT2D eigenvalue weighted by atomic mass is 16.2. The van der Waals surface area contributed by atoms with Gasteiger partial charge >= 0.3 is 0 Å². The number of likely N-dealkylation sites (tertiary alicyclic amines) is 1. The highest BCUT2D eigenvalue weighted by molar-refractivity contribution is 5.99. The fourth-order valence-corrected chi connectivity index (χ4v) is 4.16. The molecule has 0 unspecified atom stereocenters. The van der Waals surface area contributed by atoms with Crippen molar-refractivity contribution in [3.63, 3.8) is 0 Å². The number of carbonyl (C=O) groups excluding carboxylic acids is 2. The van der Waals surface area contributed by atoms with E-state index >= 15 is 0 Å². The molecule has 0 aliphatic carbocycles. The Bertz CT molecular complexity index is 1040. The molecule has 1 fully saturated rings. The van der Waals surface area contributed by atoms with E-state index in [0.717, 1.165) is 37.0 Å². The summed E-state index contributed by atoms with van der Waals surface area (Å²) in [7, 11) is 1.83. The molecule has 1 saturated heterocycles. The number of hydrogen-bond acceptors (Lipinski definition) is 3. The van der Waals surface area contributed by atoms with Crippen LogP contribution in [0.2, 0.25) is 0 Å². The minimum atomic E-state index is -0.143. The van der Waals surface area contributed by atoms with Gasteiger partial charge in [0.15, 0.2) is 5.69 Å². The summed E-state index contributed by atoms with van der Waals surface area (Å²) in [6.07, 6.45) is 5.69. The second-order valence-corrected chi connectivity index (χ2v) is 7.88. The van der Waals surface area contributed by atoms with E-state index in [0.29, 0.717) is 24.3 Å². The smallest absolute Gasteiger partial charge is 0.274 e. The predicted octanol–water partition coefficient (Wildman–Crippen LogP) is 4.18. The minimum Gasteiger partial charge on any atom is -0.340 e. The van der Waals surface area contributed by atoms with Crippen LogP contribution in [0, 0.1) is 0 Å². The number of pyridine rings is 1. The topological polar surface area (TPSA) is 57.9 Å². The lowest BCUT2D eigenvalue weighted by molar-refractivity contribution is 0.0729. The highest BCUT2D eigenvalue weighted by Crippen LogP contribution is 2.34. The normalized spacial score (nSPS) is 16.2. The maximum absolute atomic E-state index is 13.1. The average Bonchev–Trinajstić information content (AvgIpc) is 3.42. The maximum Gasteiger partial charge on any atom is 0.274 e. The fourth-order valence-electron chi connectivity index (χ4n) is 4.16. The van der Waals surface area contributed by atoms with Gasteiger partial charge in [-0.25, -0.2) is 4.98 Å². The average molecular weight is 405 g/mol. The summed E-state index contributed by atoms with van der Waals surface area (Å²) in [5.74, 6) is 0.704. The zero-order valence-corrected chi connectivity index (χ0v) is 17.6. The monoisotopic (exact) mass is 404 g/mol. The van der Waals surface area contributed by atoms with Gasteiger partial charge in [-0.3, -0.25) is 9.59 Å². The Hall–Kier alpha value is -3.15. The molecule has 0 N–H and O–H groups in total. The molecule has 3 heterocycles. The van der Waals surface area contributed by atoms with Crippen molar-refractivity contribution in [1.29, 1.82) is 0 Å². The second-order valence-electron chi connectivity index (χ2n) is 7.88. The molecule has 3 aromatic rings. The van der Waals surface area contributed by atoms with Crippen molar-refractivity contribution in [2.24, 2.45) is 0 Å². The van der Waals surface area contributed by atoms with Crippen LogP contribution >= 0.6 is 0 Å². The number of unbranched alkanes of at least 4 members (excludes halogenated alkanes) is 1. The van der Waals surface area contributed by atoms with Gasteiger partial charge in [0.05, 0.1) is 11.6 Å². The molecule has 4 rings (SSSR count). The van der Waals surface area contributed by atoms with Crippen molar-refractivity contribution < 1.29 is 9.59 Å². The third kappa shape index (κ3) is 3.70. The maximum atomic E-state index is 13.1. The van der Waals surface area contributed by atoms with Gasteiger partial charge in [-0.2, -0.15) is 0 Å². The zero-order valence-electron chi connectivity index (χ0n) is 17.6. The molecule has 156 valence electrons. The molecule has 1 aromatic carbocycles. The summed E-state index contributed by atoms with van der Waals surface area (Å²) in [6, 6.07) is 15.0. The van der Waals surface area contributed by atoms with Crippen LogP contribution in [-0.4, -0.2) is 51.1 Å². The molecule has 2 aromatic heterocycles. The quantitative estimate of drug-likeness (QED) is 0.619. The summed E-state index contributed by atoms with van der Waals surface area (Å²) in [4.78, 5) is 34.7. The van der Waals surface area contributed by atoms with E-state index in [9.17, 15) is 9.59 Å². The summed E-state index contributed by atoms with van der Waals surface area (Å²) in [5.41, 5.74) is 1.93. The highest BCUT2D eigenvalue weighted by Gasteiger charge is 2.34. The van der Waals surface area contributed by atoms with Gasteiger partial charge in [0.1, 0.15) is 5.82 Å². The first-order chi connectivity index (χ1) is 14.6. The lowest BCUT2D eigenvalue weighted by atomic mass is 10.1. The largest absolute Gasteiger partial charge is 0.340 e. The standard InChI is InChI=1S/C24H28N4O2/c1-3-4-15-26(2)24(30)21-19-13-8-9-16-27(19)22(25-21)20-14-10-17-28(20)23(29)18-11-6-5-7-12-18/h5-9,11-13,16,20H,3-4,10,14-15,17H2,1-2H3/t20-/m0/s1. The molecule has 1 aliphatic rings. The van der Waals surface area contributed by atoms with Crippen LogP contribution in [0.15, 0.2) is 54.7 Å². The summed E-state index contributed by atoms with van der Waals surface area (Å²) in [6.45, 7) is 3.51. The van der Waals surface area contributed by atoms with Crippen LogP contribution in [0.4, 0.5) is 0 Å². The number of imidazole rings is 1. The first-order valence-electron chi connectivity index (χ1n) is 10.7. The molecular formula is C24H28N4O2. The Labute approximate surface area is 177 Å². The number of amides is 2. The summed E-state index contributed by atoms with van der Waals surface area (Å²) >= 11 is 0. The van der Waals surface area contributed by atoms with E-state index in [-0.39, 0.29) is 17.9 Å². The van der Waals surface area contributed by atoms with Crippen molar-refractivity contribution in [2.75, 3.05) is 20.1 Å². The van der Waals surface area contributed by atoms with Crippen LogP contribution in [0.25, 0.3) is 5.52 Å². The number of benzene rings is 1. The molecule has 0 saturated carbocycles. The van der Waals surface area contributed by atoms with Crippen molar-refractivity contribution in [3.8, 4) is 0 Å². The van der Waals surface area contributed by atoms with E-state index < -0.39 is 0 Å². The lowest BCUT2D eigenvalue weighted by Gasteiger charge is -2.24. The van der Waals surface area contributed by atoms with Crippen molar-refractivity contribution in [3.05, 3.63) is 71.8 Å². The number of carbonyl (C=O) groups is 2. The second kappa shape index (κ2) is 8.69. The van der Waals surface area contributed by atoms with Crippen LogP contribution < -0.4 is 0 Å². The predicted molar refractivity (Wildman–Crippen MR) is 117 cm³/mol. The number of fused-ring (bicyclic) bond motifs is 1. The summed E-state index contributed by atoms with van der Waals surface area (Å²) < 4.78 is 1.97. The third-order valence-electron chi connectivity index (χ3n) is 5.80. The number of aromatic nitrogens is 2. The van der Waals surface area contributed by atoms with Gasteiger partial charge in [-0.15, -0.1) is 0 Å². The SMILES string of the molecule is CCCCN(C)C(=O)c1nc([C@@H]2CCCN2C(=O)c2ccccc2)n2ccccc12. The molecule has 0 spiro atoms. The molecule has 1 aliphatic heterocycles. The minimum absolute atomic E-state index is 0.0127. The Morgan fingerprint density at radius 3 is 2.67 bits per heavy atom. The third-order valence-corrected chi connectivity index (χ3v) is 5.80. The molecule has 6 heteroatoms. The van der Waals surface area contributed by atoms with Gasteiger partial charge in [0.2, 0.25) is 0 Å². The van der Waals surface area contributed by atoms with E-state index in [4.69, 9.17) is 4.98 Å². The van der Waals surface area contributed by atoms with Gasteiger partial charge < -0.3 is 14.2 Å². The van der Waals surface area contributed by atoms with E-state index in [2.05, 4.69) is 6.92 Å². The first-order valence-corrected chi connectivity index (χ1v) is 10.7. The van der Waals surface area contributed by atoms with E-state index in [1.807, 2.05) is 71.1 Å². The molecule has 1 atom stereocenters. The van der Waals surface area contributed by atoms with Crippen LogP contribution in [0.3, 0.4) is 0 Å². The Kier molecular flexibility index (Phi) is 5.84. The zero-order chi connectivity index (χ0) is 21.1. The Balaban J connectivity index is 1.70. The first kappa shape index (κ1) is 20.1.